The fraction of sp³-hybridized carbons (Fsp3) is 0. The van der Waals surface area contributed by atoms with Crippen molar-refractivity contribution in [3.05, 3.63) is 18.0 Å². The average molecular weight is 210 g/mol. The lowest BCUT2D eigenvalue weighted by Crippen LogP contribution is -2.11. The lowest BCUT2D eigenvalue weighted by Gasteiger charge is -1.96. The standard InChI is InChI=1S/C6H6N6OS/c7-4-1-3(10-11-4)6(13)9-5-2-8-12-14-5/h1-2H,(H,9,13)(H3,7,10,11). The van der Waals surface area contributed by atoms with Gasteiger partial charge < -0.3 is 11.1 Å². The normalized spacial score (nSPS) is 10.0. The molecule has 0 fully saturated rings. The van der Waals surface area contributed by atoms with Crippen molar-refractivity contribution in [2.24, 2.45) is 0 Å². The van der Waals surface area contributed by atoms with Crippen molar-refractivity contribution < 1.29 is 4.79 Å². The molecule has 0 bridgehead atoms. The summed E-state index contributed by atoms with van der Waals surface area (Å²) >= 11 is 1.09. The molecule has 0 atom stereocenters. The minimum Gasteiger partial charge on any atom is -0.382 e. The molecule has 8 heteroatoms. The van der Waals surface area contributed by atoms with Crippen LogP contribution in [0, 0.1) is 0 Å². The zero-order chi connectivity index (χ0) is 9.97. The van der Waals surface area contributed by atoms with E-state index in [0.717, 1.165) is 11.5 Å². The molecule has 72 valence electrons. The Balaban J connectivity index is 2.10. The van der Waals surface area contributed by atoms with Gasteiger partial charge in [-0.25, -0.2) is 0 Å². The maximum absolute atomic E-state index is 11.4. The van der Waals surface area contributed by atoms with Crippen LogP contribution in [0.5, 0.6) is 0 Å². The molecule has 0 aliphatic carbocycles. The molecule has 7 nitrogen and oxygen atoms in total. The van der Waals surface area contributed by atoms with Crippen molar-refractivity contribution in [1.29, 1.82) is 0 Å². The van der Waals surface area contributed by atoms with E-state index >= 15 is 0 Å². The van der Waals surface area contributed by atoms with Crippen LogP contribution < -0.4 is 11.1 Å². The number of anilines is 2. The third-order valence-electron chi connectivity index (χ3n) is 1.44. The number of rotatable bonds is 2. The number of nitrogens with zero attached hydrogens (tertiary/aromatic N) is 3. The molecule has 2 aromatic rings. The Kier molecular flexibility index (Phi) is 2.11. The number of nitrogen functional groups attached to an aromatic ring is 1. The van der Waals surface area contributed by atoms with E-state index in [1.807, 2.05) is 0 Å². The van der Waals surface area contributed by atoms with Gasteiger partial charge in [0.15, 0.2) is 0 Å². The van der Waals surface area contributed by atoms with Crippen LogP contribution in [-0.2, 0) is 0 Å². The summed E-state index contributed by atoms with van der Waals surface area (Å²) in [5, 5.41) is 12.9. The lowest BCUT2D eigenvalue weighted by atomic mass is 10.4. The largest absolute Gasteiger partial charge is 0.382 e. The van der Waals surface area contributed by atoms with Gasteiger partial charge in [0.25, 0.3) is 5.91 Å². The molecule has 0 aliphatic rings. The van der Waals surface area contributed by atoms with Crippen LogP contribution in [0.2, 0.25) is 0 Å². The van der Waals surface area contributed by atoms with Crippen molar-refractivity contribution >= 4 is 28.3 Å². The van der Waals surface area contributed by atoms with Crippen LogP contribution in [-0.4, -0.2) is 25.7 Å². The average Bonchev–Trinajstić information content (AvgIpc) is 2.75. The number of H-pyrrole nitrogens is 1. The van der Waals surface area contributed by atoms with Gasteiger partial charge in [0.05, 0.1) is 6.20 Å². The SMILES string of the molecule is Nc1cc(C(=O)Nc2cnns2)[nH]n1. The first-order chi connectivity index (χ1) is 6.75. The highest BCUT2D eigenvalue weighted by Crippen LogP contribution is 2.11. The smallest absolute Gasteiger partial charge is 0.274 e. The van der Waals surface area contributed by atoms with E-state index < -0.39 is 0 Å². The minimum atomic E-state index is -0.319. The molecule has 1 amide bonds. The minimum absolute atomic E-state index is 0.276. The summed E-state index contributed by atoms with van der Waals surface area (Å²) in [6.45, 7) is 0. The predicted octanol–water partition coefficient (Wildman–Crippen LogP) is 0.0957. The van der Waals surface area contributed by atoms with Crippen molar-refractivity contribution in [2.75, 3.05) is 11.1 Å². The van der Waals surface area contributed by atoms with Gasteiger partial charge in [-0.05, 0) is 0 Å². The maximum Gasteiger partial charge on any atom is 0.274 e. The second-order valence-electron chi connectivity index (χ2n) is 2.44. The zero-order valence-corrected chi connectivity index (χ0v) is 7.71. The number of aromatic amines is 1. The van der Waals surface area contributed by atoms with Crippen LogP contribution in [0.1, 0.15) is 10.5 Å². The molecular weight excluding hydrogens is 204 g/mol. The van der Waals surface area contributed by atoms with E-state index in [-0.39, 0.29) is 11.7 Å². The highest BCUT2D eigenvalue weighted by atomic mass is 32.1. The molecule has 2 rings (SSSR count). The van der Waals surface area contributed by atoms with E-state index in [4.69, 9.17) is 5.73 Å². The van der Waals surface area contributed by atoms with Gasteiger partial charge in [-0.2, -0.15) is 5.10 Å². The summed E-state index contributed by atoms with van der Waals surface area (Å²) in [6, 6.07) is 1.45. The van der Waals surface area contributed by atoms with Crippen molar-refractivity contribution in [3.8, 4) is 0 Å². The molecule has 0 unspecified atom stereocenters. The van der Waals surface area contributed by atoms with E-state index in [2.05, 4.69) is 25.1 Å². The Bertz CT molecular complexity index is 435. The van der Waals surface area contributed by atoms with Gasteiger partial charge in [-0.3, -0.25) is 9.89 Å². The van der Waals surface area contributed by atoms with Gasteiger partial charge in [-0.15, -0.1) is 5.10 Å². The second kappa shape index (κ2) is 3.42. The topological polar surface area (TPSA) is 110 Å². The Hall–Kier alpha value is -1.96. The molecule has 0 saturated heterocycles. The lowest BCUT2D eigenvalue weighted by molar-refractivity contribution is 0.102. The number of nitrogens with one attached hydrogen (secondary N) is 2. The number of amides is 1. The number of aromatic nitrogens is 4. The Labute approximate surface area is 82.5 Å². The van der Waals surface area contributed by atoms with Crippen LogP contribution in [0.3, 0.4) is 0 Å². The third-order valence-corrected chi connectivity index (χ3v) is 2.02. The van der Waals surface area contributed by atoms with Crippen LogP contribution in [0.4, 0.5) is 10.8 Å². The number of hydrogen-bond donors (Lipinski definition) is 3. The van der Waals surface area contributed by atoms with Gasteiger partial charge in [0.1, 0.15) is 16.5 Å². The Morgan fingerprint density at radius 3 is 3.07 bits per heavy atom. The fourth-order valence-electron chi connectivity index (χ4n) is 0.855. The van der Waals surface area contributed by atoms with E-state index in [1.165, 1.54) is 12.3 Å². The molecule has 0 aromatic carbocycles. The number of carbonyl (C=O) groups is 1. The summed E-state index contributed by atoms with van der Waals surface area (Å²) in [7, 11) is 0. The quantitative estimate of drug-likeness (QED) is 0.651. The van der Waals surface area contributed by atoms with E-state index in [0.29, 0.717) is 10.7 Å². The summed E-state index contributed by atoms with van der Waals surface area (Å²) in [5.74, 6) is -0.0437. The summed E-state index contributed by atoms with van der Waals surface area (Å²) in [5.41, 5.74) is 5.65. The second-order valence-corrected chi connectivity index (χ2v) is 3.23. The molecule has 2 heterocycles. The van der Waals surface area contributed by atoms with Gasteiger partial charge >= 0.3 is 0 Å². The Morgan fingerprint density at radius 2 is 2.50 bits per heavy atom. The van der Waals surface area contributed by atoms with Crippen molar-refractivity contribution in [2.45, 2.75) is 0 Å². The summed E-state index contributed by atoms with van der Waals surface area (Å²) in [6.07, 6.45) is 1.46. The first-order valence-corrected chi connectivity index (χ1v) is 4.42. The third kappa shape index (κ3) is 1.69. The molecule has 0 saturated carbocycles. The Morgan fingerprint density at radius 1 is 1.64 bits per heavy atom. The molecule has 0 spiro atoms. The summed E-state index contributed by atoms with van der Waals surface area (Å²) in [4.78, 5) is 11.4. The van der Waals surface area contributed by atoms with Gasteiger partial charge in [0, 0.05) is 17.6 Å². The molecule has 0 radical (unpaired) electrons. The van der Waals surface area contributed by atoms with E-state index in [1.54, 1.807) is 0 Å². The molecule has 2 aromatic heterocycles. The first kappa shape index (κ1) is 8.63. The van der Waals surface area contributed by atoms with Crippen LogP contribution in [0.15, 0.2) is 12.3 Å². The van der Waals surface area contributed by atoms with Crippen molar-refractivity contribution in [1.82, 2.24) is 19.8 Å². The monoisotopic (exact) mass is 210 g/mol. The van der Waals surface area contributed by atoms with Gasteiger partial charge in [-0.1, -0.05) is 4.49 Å². The number of nitrogens with two attached hydrogens (primary N) is 1. The van der Waals surface area contributed by atoms with Crippen LogP contribution in [0.25, 0.3) is 0 Å². The molecule has 14 heavy (non-hydrogen) atoms. The fourth-order valence-corrected chi connectivity index (χ4v) is 1.27. The maximum atomic E-state index is 11.4. The highest BCUT2D eigenvalue weighted by Gasteiger charge is 2.09. The predicted molar refractivity (Wildman–Crippen MR) is 50.9 cm³/mol. The number of hydrogen-bond acceptors (Lipinski definition) is 6. The first-order valence-electron chi connectivity index (χ1n) is 3.65. The summed E-state index contributed by atoms with van der Waals surface area (Å²) < 4.78 is 3.60. The van der Waals surface area contributed by atoms with Crippen LogP contribution >= 0.6 is 11.5 Å². The van der Waals surface area contributed by atoms with Crippen molar-refractivity contribution in [3.63, 3.8) is 0 Å². The van der Waals surface area contributed by atoms with E-state index in [9.17, 15) is 4.79 Å². The molecule has 0 aliphatic heterocycles. The molecular formula is C6H6N6OS. The molecule has 4 N–H and O–H groups in total. The zero-order valence-electron chi connectivity index (χ0n) is 6.89. The highest BCUT2D eigenvalue weighted by molar-refractivity contribution is 7.10. The number of carbonyl (C=O) groups excluding carboxylic acids is 1. The van der Waals surface area contributed by atoms with Gasteiger partial charge in [0.2, 0.25) is 0 Å².